The Bertz CT molecular complexity index is 570. The fourth-order valence-electron chi connectivity index (χ4n) is 3.73. The van der Waals surface area contributed by atoms with Crippen LogP contribution in [0.3, 0.4) is 0 Å². The van der Waals surface area contributed by atoms with E-state index in [9.17, 15) is 0 Å². The summed E-state index contributed by atoms with van der Waals surface area (Å²) < 4.78 is 7.79. The molecule has 0 bridgehead atoms. The van der Waals surface area contributed by atoms with Gasteiger partial charge in [-0.25, -0.2) is 0 Å². The Morgan fingerprint density at radius 3 is 2.70 bits per heavy atom. The van der Waals surface area contributed by atoms with Gasteiger partial charge < -0.3 is 19.9 Å². The largest absolute Gasteiger partial charge is 0.370 e. The van der Waals surface area contributed by atoms with E-state index >= 15 is 0 Å². The SMILES string of the molecule is CCNC(=NCCN1CCCCCC1)N1CCOC(c2cnn(C)c2)C1.I. The highest BCUT2D eigenvalue weighted by Gasteiger charge is 2.25. The molecule has 1 aromatic heterocycles. The lowest BCUT2D eigenvalue weighted by molar-refractivity contribution is -0.00805. The smallest absolute Gasteiger partial charge is 0.194 e. The molecule has 0 saturated carbocycles. The average molecular weight is 490 g/mol. The van der Waals surface area contributed by atoms with Crippen molar-refractivity contribution in [3.63, 3.8) is 0 Å². The number of morpholine rings is 1. The van der Waals surface area contributed by atoms with Crippen LogP contribution in [0, 0.1) is 0 Å². The Hall–Kier alpha value is -0.870. The number of aliphatic imine (C=N–C) groups is 1. The minimum Gasteiger partial charge on any atom is -0.370 e. The second-order valence-electron chi connectivity index (χ2n) is 7.24. The van der Waals surface area contributed by atoms with Crippen LogP contribution in [0.1, 0.15) is 44.3 Å². The first-order chi connectivity index (χ1) is 12.8. The van der Waals surface area contributed by atoms with Crippen LogP contribution in [0.25, 0.3) is 0 Å². The van der Waals surface area contributed by atoms with Gasteiger partial charge >= 0.3 is 0 Å². The van der Waals surface area contributed by atoms with Crippen molar-refractivity contribution in [3.05, 3.63) is 18.0 Å². The van der Waals surface area contributed by atoms with Crippen molar-refractivity contribution in [1.82, 2.24) is 24.9 Å². The molecule has 3 heterocycles. The number of guanidine groups is 1. The second kappa shape index (κ2) is 11.9. The molecular weight excluding hydrogens is 455 g/mol. The van der Waals surface area contributed by atoms with Crippen LogP contribution in [-0.4, -0.2) is 78.0 Å². The third-order valence-electron chi connectivity index (χ3n) is 5.17. The summed E-state index contributed by atoms with van der Waals surface area (Å²) in [6, 6.07) is 0. The predicted molar refractivity (Wildman–Crippen MR) is 120 cm³/mol. The van der Waals surface area contributed by atoms with Gasteiger partial charge in [-0.2, -0.15) is 5.10 Å². The maximum absolute atomic E-state index is 5.96. The molecule has 3 rings (SSSR count). The highest BCUT2D eigenvalue weighted by molar-refractivity contribution is 14.0. The highest BCUT2D eigenvalue weighted by Crippen LogP contribution is 2.21. The van der Waals surface area contributed by atoms with Crippen molar-refractivity contribution in [2.75, 3.05) is 52.4 Å². The first kappa shape index (κ1) is 22.4. The van der Waals surface area contributed by atoms with Gasteiger partial charge in [0.25, 0.3) is 0 Å². The quantitative estimate of drug-likeness (QED) is 0.390. The topological polar surface area (TPSA) is 57.9 Å². The zero-order valence-corrected chi connectivity index (χ0v) is 19.1. The van der Waals surface area contributed by atoms with Gasteiger partial charge in [0.05, 0.1) is 25.9 Å². The number of hydrogen-bond donors (Lipinski definition) is 1. The standard InChI is InChI=1S/C19H34N6O.HI/c1-3-20-19(21-8-11-24-9-6-4-5-7-10-24)25-12-13-26-18(16-25)17-14-22-23(2)15-17;/h14-15,18H,3-13,16H2,1-2H3,(H,20,21);1H. The number of aryl methyl sites for hydroxylation is 1. The number of nitrogens with one attached hydrogen (secondary N) is 1. The van der Waals surface area contributed by atoms with Crippen LogP contribution in [-0.2, 0) is 11.8 Å². The van der Waals surface area contributed by atoms with Gasteiger partial charge in [0, 0.05) is 38.4 Å². The third-order valence-corrected chi connectivity index (χ3v) is 5.17. The third kappa shape index (κ3) is 6.90. The normalized spacial score (nSPS) is 22.2. The molecule has 0 radical (unpaired) electrons. The zero-order valence-electron chi connectivity index (χ0n) is 16.8. The summed E-state index contributed by atoms with van der Waals surface area (Å²) in [6.07, 6.45) is 9.43. The van der Waals surface area contributed by atoms with E-state index in [2.05, 4.69) is 27.1 Å². The molecular formula is C19H35IN6O. The maximum atomic E-state index is 5.96. The number of ether oxygens (including phenoxy) is 1. The van der Waals surface area contributed by atoms with Crippen LogP contribution in [0.5, 0.6) is 0 Å². The summed E-state index contributed by atoms with van der Waals surface area (Å²) in [5, 5.41) is 7.73. The molecule has 0 aromatic carbocycles. The maximum Gasteiger partial charge on any atom is 0.194 e. The van der Waals surface area contributed by atoms with Gasteiger partial charge in [-0.05, 0) is 32.9 Å². The lowest BCUT2D eigenvalue weighted by atomic mass is 10.1. The first-order valence-electron chi connectivity index (χ1n) is 10.1. The van der Waals surface area contributed by atoms with Crippen molar-refractivity contribution >= 4 is 29.9 Å². The van der Waals surface area contributed by atoms with Crippen molar-refractivity contribution in [3.8, 4) is 0 Å². The molecule has 2 aliphatic rings. The van der Waals surface area contributed by atoms with Crippen molar-refractivity contribution in [2.24, 2.45) is 12.0 Å². The van der Waals surface area contributed by atoms with E-state index in [1.807, 2.05) is 24.1 Å². The van der Waals surface area contributed by atoms with Crippen molar-refractivity contribution < 1.29 is 4.74 Å². The number of rotatable bonds is 5. The molecule has 1 aromatic rings. The molecule has 8 heteroatoms. The van der Waals surface area contributed by atoms with E-state index in [4.69, 9.17) is 9.73 Å². The lowest BCUT2D eigenvalue weighted by Crippen LogP contribution is -2.48. The number of aromatic nitrogens is 2. The zero-order chi connectivity index (χ0) is 18.2. The Morgan fingerprint density at radius 2 is 2.04 bits per heavy atom. The van der Waals surface area contributed by atoms with Crippen LogP contribution < -0.4 is 5.32 Å². The highest BCUT2D eigenvalue weighted by atomic mass is 127. The Labute approximate surface area is 180 Å². The van der Waals surface area contributed by atoms with E-state index in [0.29, 0.717) is 0 Å². The molecule has 0 spiro atoms. The lowest BCUT2D eigenvalue weighted by Gasteiger charge is -2.35. The van der Waals surface area contributed by atoms with Gasteiger partial charge in [0.15, 0.2) is 5.96 Å². The Kier molecular flexibility index (Phi) is 9.84. The van der Waals surface area contributed by atoms with E-state index in [1.54, 1.807) is 0 Å². The van der Waals surface area contributed by atoms with Gasteiger partial charge in [0.2, 0.25) is 0 Å². The monoisotopic (exact) mass is 490 g/mol. The number of halogens is 1. The predicted octanol–water partition coefficient (Wildman–Crippen LogP) is 2.25. The molecule has 2 aliphatic heterocycles. The molecule has 2 saturated heterocycles. The summed E-state index contributed by atoms with van der Waals surface area (Å²) >= 11 is 0. The van der Waals surface area contributed by atoms with Gasteiger partial charge in [0.1, 0.15) is 6.10 Å². The van der Waals surface area contributed by atoms with E-state index in [1.165, 1.54) is 38.8 Å². The molecule has 0 amide bonds. The molecule has 7 nitrogen and oxygen atoms in total. The molecule has 1 atom stereocenters. The molecule has 2 fully saturated rings. The minimum atomic E-state index is 0. The first-order valence-corrected chi connectivity index (χ1v) is 10.1. The Morgan fingerprint density at radius 1 is 1.26 bits per heavy atom. The summed E-state index contributed by atoms with van der Waals surface area (Å²) in [7, 11) is 1.94. The molecule has 1 N–H and O–H groups in total. The van der Waals surface area contributed by atoms with Crippen molar-refractivity contribution in [2.45, 2.75) is 38.7 Å². The number of hydrogen-bond acceptors (Lipinski definition) is 4. The van der Waals surface area contributed by atoms with E-state index in [0.717, 1.165) is 50.9 Å². The molecule has 1 unspecified atom stereocenters. The van der Waals surface area contributed by atoms with E-state index in [-0.39, 0.29) is 30.1 Å². The fraction of sp³-hybridized carbons (Fsp3) is 0.789. The van der Waals surface area contributed by atoms with Crippen LogP contribution in [0.2, 0.25) is 0 Å². The van der Waals surface area contributed by atoms with Crippen molar-refractivity contribution in [1.29, 1.82) is 0 Å². The van der Waals surface area contributed by atoms with Crippen LogP contribution in [0.15, 0.2) is 17.4 Å². The summed E-state index contributed by atoms with van der Waals surface area (Å²) in [6.45, 7) is 9.81. The van der Waals surface area contributed by atoms with Crippen LogP contribution in [0.4, 0.5) is 0 Å². The van der Waals surface area contributed by atoms with Gasteiger partial charge in [-0.3, -0.25) is 9.67 Å². The molecule has 0 aliphatic carbocycles. The minimum absolute atomic E-state index is 0. The number of nitrogens with zero attached hydrogens (tertiary/aromatic N) is 5. The van der Waals surface area contributed by atoms with Gasteiger partial charge in [-0.1, -0.05) is 12.8 Å². The summed E-state index contributed by atoms with van der Waals surface area (Å²) in [4.78, 5) is 9.80. The summed E-state index contributed by atoms with van der Waals surface area (Å²) in [5.74, 6) is 1.01. The Balaban J connectivity index is 0.00000261. The second-order valence-corrected chi connectivity index (χ2v) is 7.24. The molecule has 154 valence electrons. The van der Waals surface area contributed by atoms with E-state index < -0.39 is 0 Å². The number of likely N-dealkylation sites (tertiary alicyclic amines) is 1. The molecule has 27 heavy (non-hydrogen) atoms. The summed E-state index contributed by atoms with van der Waals surface area (Å²) in [5.41, 5.74) is 1.14. The fourth-order valence-corrected chi connectivity index (χ4v) is 3.73. The van der Waals surface area contributed by atoms with Crippen LogP contribution >= 0.6 is 24.0 Å². The van der Waals surface area contributed by atoms with Gasteiger partial charge in [-0.15, -0.1) is 24.0 Å². The average Bonchev–Trinajstić information content (AvgIpc) is 2.93.